The van der Waals surface area contributed by atoms with E-state index in [0.717, 1.165) is 54.7 Å². The van der Waals surface area contributed by atoms with E-state index in [2.05, 4.69) is 36.6 Å². The number of methoxy groups -OCH3 is 1. The van der Waals surface area contributed by atoms with Crippen LogP contribution in [0.1, 0.15) is 69.2 Å². The maximum absolute atomic E-state index is 13.7. The number of ether oxygens (including phenoxy) is 1. The lowest BCUT2D eigenvalue weighted by Crippen LogP contribution is -2.50. The van der Waals surface area contributed by atoms with Crippen molar-refractivity contribution in [1.29, 1.82) is 0 Å². The number of nitrogens with one attached hydrogen (secondary N) is 2. The van der Waals surface area contributed by atoms with Crippen LogP contribution in [-0.4, -0.2) is 39.5 Å². The highest BCUT2D eigenvalue weighted by molar-refractivity contribution is 7.91. The van der Waals surface area contributed by atoms with Gasteiger partial charge in [0.05, 0.1) is 23.8 Å². The molecule has 1 heterocycles. The van der Waals surface area contributed by atoms with Gasteiger partial charge in [0.1, 0.15) is 5.75 Å². The number of hydrogen-bond donors (Lipinski definition) is 2. The van der Waals surface area contributed by atoms with Gasteiger partial charge in [0.25, 0.3) is 0 Å². The molecule has 8 heteroatoms. The molecular weight excluding hydrogens is 452 g/mol. The first kappa shape index (κ1) is 27.7. The highest BCUT2D eigenvalue weighted by Gasteiger charge is 2.42. The Morgan fingerprint density at radius 2 is 1.82 bits per heavy atom. The van der Waals surface area contributed by atoms with Gasteiger partial charge >= 0.3 is 6.15 Å². The van der Waals surface area contributed by atoms with Gasteiger partial charge in [-0.15, -0.1) is 0 Å². The van der Waals surface area contributed by atoms with Crippen molar-refractivity contribution in [3.63, 3.8) is 0 Å². The fourth-order valence-electron chi connectivity index (χ4n) is 4.52. The Morgan fingerprint density at radius 3 is 2.38 bits per heavy atom. The molecule has 0 fully saturated rings. The lowest BCUT2D eigenvalue weighted by Gasteiger charge is -2.36. The van der Waals surface area contributed by atoms with Crippen molar-refractivity contribution >= 4 is 16.0 Å². The fraction of sp³-hybridized carbons (Fsp3) is 0.500. The van der Waals surface area contributed by atoms with Gasteiger partial charge in [-0.2, -0.15) is 9.59 Å². The first-order valence-electron chi connectivity index (χ1n) is 11.8. The van der Waals surface area contributed by atoms with Gasteiger partial charge in [-0.05, 0) is 42.6 Å². The first-order chi connectivity index (χ1) is 16.3. The highest BCUT2D eigenvalue weighted by Crippen LogP contribution is 2.40. The molecule has 0 unspecified atom stereocenters. The molecule has 2 aromatic rings. The number of fused-ring (bicyclic) bond motifs is 1. The molecule has 0 amide bonds. The summed E-state index contributed by atoms with van der Waals surface area (Å²) in [6.45, 7) is 7.65. The second-order valence-electron chi connectivity index (χ2n) is 8.55. The Morgan fingerprint density at radius 1 is 1.15 bits per heavy atom. The molecule has 34 heavy (non-hydrogen) atoms. The van der Waals surface area contributed by atoms with E-state index in [4.69, 9.17) is 14.3 Å². The zero-order valence-corrected chi connectivity index (χ0v) is 21.3. The summed E-state index contributed by atoms with van der Waals surface area (Å²) in [4.78, 5) is 16.7. The predicted molar refractivity (Wildman–Crippen MR) is 131 cm³/mol. The summed E-state index contributed by atoms with van der Waals surface area (Å²) >= 11 is 0. The van der Waals surface area contributed by atoms with E-state index in [9.17, 15) is 8.42 Å². The van der Waals surface area contributed by atoms with Crippen LogP contribution in [0.2, 0.25) is 0 Å². The lowest BCUT2D eigenvalue weighted by atomic mass is 9.88. The van der Waals surface area contributed by atoms with Crippen molar-refractivity contribution in [2.45, 2.75) is 69.5 Å². The summed E-state index contributed by atoms with van der Waals surface area (Å²) in [6, 6.07) is 13.7. The molecule has 2 aromatic carbocycles. The Hall–Kier alpha value is -2.51. The van der Waals surface area contributed by atoms with E-state index in [1.165, 1.54) is 0 Å². The van der Waals surface area contributed by atoms with Crippen LogP contribution < -0.4 is 15.4 Å². The van der Waals surface area contributed by atoms with Crippen LogP contribution in [0.25, 0.3) is 0 Å². The zero-order chi connectivity index (χ0) is 25.2. The van der Waals surface area contributed by atoms with Crippen molar-refractivity contribution < 1.29 is 22.7 Å². The van der Waals surface area contributed by atoms with Gasteiger partial charge < -0.3 is 10.1 Å². The third-order valence-corrected chi connectivity index (χ3v) is 8.32. The van der Waals surface area contributed by atoms with E-state index in [0.29, 0.717) is 11.4 Å². The number of sulfone groups is 1. The van der Waals surface area contributed by atoms with Crippen LogP contribution in [0.5, 0.6) is 5.75 Å². The number of carbonyl (C=O) groups excluding carboxylic acids is 2. The Bertz CT molecular complexity index is 1070. The second kappa shape index (κ2) is 12.8. The van der Waals surface area contributed by atoms with Crippen LogP contribution in [0.3, 0.4) is 0 Å². The minimum atomic E-state index is -3.49. The minimum absolute atomic E-state index is 0.111. The number of rotatable bonds is 9. The van der Waals surface area contributed by atoms with Gasteiger partial charge in [0.15, 0.2) is 9.84 Å². The molecular formula is C26H36N2O5S. The summed E-state index contributed by atoms with van der Waals surface area (Å²) in [5.74, 6) is 0.829. The number of hydrogen-bond acceptors (Lipinski definition) is 7. The molecule has 7 nitrogen and oxygen atoms in total. The van der Waals surface area contributed by atoms with Crippen molar-refractivity contribution in [3.05, 3.63) is 59.2 Å². The van der Waals surface area contributed by atoms with Crippen LogP contribution in [-0.2, 0) is 26.0 Å². The van der Waals surface area contributed by atoms with Gasteiger partial charge in [0, 0.05) is 17.6 Å². The number of unbranched alkanes of at least 4 members (excludes halogenated alkanes) is 1. The van der Waals surface area contributed by atoms with E-state index < -0.39 is 15.4 Å². The molecule has 0 spiro atoms. The van der Waals surface area contributed by atoms with E-state index in [1.54, 1.807) is 7.11 Å². The van der Waals surface area contributed by atoms with E-state index in [1.807, 2.05) is 37.3 Å². The minimum Gasteiger partial charge on any atom is -0.496 e. The third-order valence-electron chi connectivity index (χ3n) is 6.36. The molecule has 0 bridgehead atoms. The maximum atomic E-state index is 13.7. The summed E-state index contributed by atoms with van der Waals surface area (Å²) < 4.78 is 33.1. The molecule has 0 saturated heterocycles. The summed E-state index contributed by atoms with van der Waals surface area (Å²) in [5, 5.41) is 7.10. The van der Waals surface area contributed by atoms with Crippen molar-refractivity contribution in [2.24, 2.45) is 0 Å². The largest absolute Gasteiger partial charge is 0.496 e. The summed E-state index contributed by atoms with van der Waals surface area (Å²) in [6.07, 6.45) is 3.86. The maximum Gasteiger partial charge on any atom is 0.373 e. The zero-order valence-electron chi connectivity index (χ0n) is 20.5. The molecule has 2 N–H and O–H groups in total. The standard InChI is InChI=1S/C25H36N2O3S.CO2/c1-5-8-14-25(6-2)18-31(28,29)23-15-20(17-26-7-3)22(30-4)16-21(23)24(27-25)19-12-10-9-11-13-19;2-1-3/h9-13,15-16,24,26-27H,5-8,14,17-18H2,1-4H3;/t24-,25-;/m1./s1. The SMILES string of the molecule is CCCC[C@]1(CC)CS(=O)(=O)c2cc(CNCC)c(OC)cc2[C@@H](c2ccccc2)N1.O=C=O. The predicted octanol–water partition coefficient (Wildman–Crippen LogP) is 4.03. The van der Waals surface area contributed by atoms with Crippen LogP contribution in [0.15, 0.2) is 47.4 Å². The van der Waals surface area contributed by atoms with E-state index in [-0.39, 0.29) is 17.9 Å². The Kier molecular flexibility index (Phi) is 10.5. The average molecular weight is 489 g/mol. The van der Waals surface area contributed by atoms with Crippen LogP contribution in [0, 0.1) is 0 Å². The van der Waals surface area contributed by atoms with E-state index >= 15 is 0 Å². The second-order valence-corrected chi connectivity index (χ2v) is 10.5. The van der Waals surface area contributed by atoms with Crippen LogP contribution in [0.4, 0.5) is 0 Å². The molecule has 0 aromatic heterocycles. The molecule has 0 radical (unpaired) electrons. The molecule has 2 atom stereocenters. The third kappa shape index (κ3) is 6.54. The Labute approximate surface area is 203 Å². The number of benzene rings is 2. The topological polar surface area (TPSA) is 102 Å². The molecule has 0 saturated carbocycles. The molecule has 1 aliphatic heterocycles. The Balaban J connectivity index is 0.00000129. The molecule has 186 valence electrons. The fourth-order valence-corrected chi connectivity index (χ4v) is 6.69. The quantitative estimate of drug-likeness (QED) is 0.549. The van der Waals surface area contributed by atoms with Crippen LogP contribution >= 0.6 is 0 Å². The smallest absolute Gasteiger partial charge is 0.373 e. The first-order valence-corrected chi connectivity index (χ1v) is 13.4. The monoisotopic (exact) mass is 488 g/mol. The van der Waals surface area contributed by atoms with Gasteiger partial charge in [0.2, 0.25) is 0 Å². The lowest BCUT2D eigenvalue weighted by molar-refractivity contribution is -0.191. The van der Waals surface area contributed by atoms with Crippen molar-refractivity contribution in [1.82, 2.24) is 10.6 Å². The molecule has 3 rings (SSSR count). The summed E-state index contributed by atoms with van der Waals surface area (Å²) in [5.41, 5.74) is 2.24. The average Bonchev–Trinajstić information content (AvgIpc) is 2.94. The summed E-state index contributed by atoms with van der Waals surface area (Å²) in [7, 11) is -1.84. The highest BCUT2D eigenvalue weighted by atomic mass is 32.2. The molecule has 0 aliphatic carbocycles. The molecule has 1 aliphatic rings. The van der Waals surface area contributed by atoms with Gasteiger partial charge in [-0.3, -0.25) is 5.32 Å². The van der Waals surface area contributed by atoms with Crippen molar-refractivity contribution in [2.75, 3.05) is 19.4 Å². The normalized spacial score (nSPS) is 20.8. The van der Waals surface area contributed by atoms with Gasteiger partial charge in [-0.25, -0.2) is 8.42 Å². The van der Waals surface area contributed by atoms with Gasteiger partial charge in [-0.1, -0.05) is 63.9 Å². The van der Waals surface area contributed by atoms with Crippen molar-refractivity contribution in [3.8, 4) is 5.75 Å².